The number of fused-ring (bicyclic) bond motifs is 1. The fraction of sp³-hybridized carbons (Fsp3) is 0.441. The molecule has 0 bridgehead atoms. The van der Waals surface area contributed by atoms with Crippen LogP contribution in [-0.2, 0) is 13.0 Å². The van der Waals surface area contributed by atoms with E-state index in [9.17, 15) is 9.18 Å². The van der Waals surface area contributed by atoms with Gasteiger partial charge in [-0.05, 0) is 80.2 Å². The lowest BCUT2D eigenvalue weighted by molar-refractivity contribution is 0.0358. The number of carbonyl (C=O) groups is 1. The molecule has 3 aromatic carbocycles. The van der Waals surface area contributed by atoms with E-state index in [-0.39, 0.29) is 17.1 Å². The Hall–Kier alpha value is -3.18. The molecule has 0 N–H and O–H groups in total. The number of aryl methyl sites for hydroxylation is 3. The van der Waals surface area contributed by atoms with Crippen molar-refractivity contribution in [2.45, 2.75) is 58.9 Å². The number of amides is 1. The van der Waals surface area contributed by atoms with Crippen LogP contribution in [0.3, 0.4) is 0 Å². The third-order valence-corrected chi connectivity index (χ3v) is 8.76. The molecule has 0 aromatic heterocycles. The topological polar surface area (TPSA) is 32.8 Å². The van der Waals surface area contributed by atoms with E-state index in [0.717, 1.165) is 92.7 Å². The van der Waals surface area contributed by atoms with Crippen LogP contribution in [0.4, 0.5) is 4.39 Å². The molecule has 1 spiro atoms. The van der Waals surface area contributed by atoms with E-state index in [1.165, 1.54) is 5.56 Å². The molecule has 3 aromatic rings. The van der Waals surface area contributed by atoms with Crippen LogP contribution in [0.2, 0.25) is 0 Å². The summed E-state index contributed by atoms with van der Waals surface area (Å²) in [5, 5.41) is 0. The van der Waals surface area contributed by atoms with Crippen molar-refractivity contribution >= 4 is 5.91 Å². The van der Waals surface area contributed by atoms with E-state index in [1.54, 1.807) is 12.1 Å². The quantitative estimate of drug-likeness (QED) is 0.368. The predicted octanol–water partition coefficient (Wildman–Crippen LogP) is 6.97. The fourth-order valence-corrected chi connectivity index (χ4v) is 6.49. The maximum absolute atomic E-state index is 14.7. The first-order chi connectivity index (χ1) is 18.9. The zero-order valence-electron chi connectivity index (χ0n) is 23.4. The number of carbonyl (C=O) groups excluding carboxylic acids is 1. The lowest BCUT2D eigenvalue weighted by atomic mass is 9.73. The lowest BCUT2D eigenvalue weighted by Crippen LogP contribution is -2.48. The molecule has 0 radical (unpaired) electrons. The van der Waals surface area contributed by atoms with Crippen LogP contribution < -0.4 is 4.74 Å². The smallest absolute Gasteiger partial charge is 0.254 e. The lowest BCUT2D eigenvalue weighted by Gasteiger charge is -2.45. The van der Waals surface area contributed by atoms with Gasteiger partial charge in [-0.25, -0.2) is 4.39 Å². The number of hydrogen-bond acceptors (Lipinski definition) is 3. The molecule has 2 heterocycles. The van der Waals surface area contributed by atoms with Crippen LogP contribution in [0.1, 0.15) is 64.7 Å². The van der Waals surface area contributed by atoms with E-state index < -0.39 is 0 Å². The molecular weight excluding hydrogens is 487 g/mol. The van der Waals surface area contributed by atoms with Crippen molar-refractivity contribution in [3.63, 3.8) is 0 Å². The molecule has 2 aliphatic heterocycles. The van der Waals surface area contributed by atoms with E-state index in [1.807, 2.05) is 50.2 Å². The number of hydrogen-bond donors (Lipinski definition) is 0. The minimum Gasteiger partial charge on any atom is -0.492 e. The molecule has 1 saturated heterocycles. The first kappa shape index (κ1) is 27.4. The van der Waals surface area contributed by atoms with Crippen LogP contribution in [-0.4, -0.2) is 48.5 Å². The third kappa shape index (κ3) is 6.52. The highest BCUT2D eigenvalue weighted by atomic mass is 19.1. The average Bonchev–Trinajstić information content (AvgIpc) is 2.93. The van der Waals surface area contributed by atoms with Crippen molar-refractivity contribution in [3.8, 4) is 5.75 Å². The van der Waals surface area contributed by atoms with Crippen LogP contribution in [0.5, 0.6) is 5.75 Å². The van der Waals surface area contributed by atoms with Crippen molar-refractivity contribution in [3.05, 3.63) is 100 Å². The van der Waals surface area contributed by atoms with Gasteiger partial charge in [0.1, 0.15) is 18.2 Å². The van der Waals surface area contributed by atoms with Crippen LogP contribution >= 0.6 is 0 Å². The Morgan fingerprint density at radius 1 is 0.872 bits per heavy atom. The molecule has 5 rings (SSSR count). The Bertz CT molecular complexity index is 1260. The Kier molecular flexibility index (Phi) is 8.66. The normalized spacial score (nSPS) is 18.5. The van der Waals surface area contributed by atoms with Gasteiger partial charge in [0.05, 0.1) is 0 Å². The van der Waals surface area contributed by atoms with Crippen LogP contribution in [0, 0.1) is 25.1 Å². The van der Waals surface area contributed by atoms with Gasteiger partial charge in [0, 0.05) is 43.9 Å². The monoisotopic (exact) mass is 528 g/mol. The van der Waals surface area contributed by atoms with Gasteiger partial charge in [0.2, 0.25) is 0 Å². The Morgan fingerprint density at radius 3 is 2.36 bits per heavy atom. The summed E-state index contributed by atoms with van der Waals surface area (Å²) in [7, 11) is 0. The number of rotatable bonds is 3. The zero-order chi connectivity index (χ0) is 27.2. The highest BCUT2D eigenvalue weighted by molar-refractivity contribution is 5.97. The molecule has 0 saturated carbocycles. The van der Waals surface area contributed by atoms with Gasteiger partial charge in [0.15, 0.2) is 0 Å². The van der Waals surface area contributed by atoms with Gasteiger partial charge in [-0.3, -0.25) is 9.69 Å². The zero-order valence-corrected chi connectivity index (χ0v) is 23.4. The second-order valence-corrected chi connectivity index (χ2v) is 11.5. The average molecular weight is 529 g/mol. The SMILES string of the molecule is Cc1cccc(C)c1C(=O)N1CCC2(CCCCc3ccccc3OCCN(Cc3ccccc3F)C2)CC1. The van der Waals surface area contributed by atoms with Gasteiger partial charge in [-0.1, -0.05) is 61.0 Å². The van der Waals surface area contributed by atoms with Gasteiger partial charge in [-0.15, -0.1) is 0 Å². The molecule has 1 fully saturated rings. The minimum absolute atomic E-state index is 0.0987. The first-order valence-corrected chi connectivity index (χ1v) is 14.5. The van der Waals surface area contributed by atoms with Crippen molar-refractivity contribution in [1.82, 2.24) is 9.80 Å². The fourth-order valence-electron chi connectivity index (χ4n) is 6.49. The van der Waals surface area contributed by atoms with Crippen LogP contribution in [0.15, 0.2) is 66.7 Å². The largest absolute Gasteiger partial charge is 0.492 e. The van der Waals surface area contributed by atoms with E-state index in [4.69, 9.17) is 4.74 Å². The number of likely N-dealkylation sites (tertiary alicyclic amines) is 1. The van der Waals surface area contributed by atoms with Gasteiger partial charge in [-0.2, -0.15) is 0 Å². The summed E-state index contributed by atoms with van der Waals surface area (Å²) in [6.45, 7) is 8.33. The van der Waals surface area contributed by atoms with Crippen molar-refractivity contribution in [2.75, 3.05) is 32.8 Å². The Labute approximate surface area is 232 Å². The molecule has 206 valence electrons. The standard InChI is InChI=1S/C34H41FN2O2/c1-26-10-9-11-27(2)32(26)33(38)37-20-18-34(19-21-37)17-8-7-13-28-12-4-6-16-31(28)39-23-22-36(25-34)24-29-14-3-5-15-30(29)35/h3-6,9-12,14-16H,7-8,13,17-25H2,1-2H3. The number of para-hydroxylation sites is 1. The van der Waals surface area contributed by atoms with Gasteiger partial charge >= 0.3 is 0 Å². The number of ether oxygens (including phenoxy) is 1. The minimum atomic E-state index is -0.155. The number of piperidine rings is 1. The molecule has 2 aliphatic rings. The Morgan fingerprint density at radius 2 is 1.59 bits per heavy atom. The van der Waals surface area contributed by atoms with Crippen molar-refractivity contribution in [1.29, 1.82) is 0 Å². The van der Waals surface area contributed by atoms with Gasteiger partial charge < -0.3 is 9.64 Å². The number of benzene rings is 3. The molecule has 39 heavy (non-hydrogen) atoms. The summed E-state index contributed by atoms with van der Waals surface area (Å²) in [5.74, 6) is 0.969. The van der Waals surface area contributed by atoms with Crippen molar-refractivity contribution in [2.24, 2.45) is 5.41 Å². The summed E-state index contributed by atoms with van der Waals surface area (Å²) in [6.07, 6.45) is 6.31. The van der Waals surface area contributed by atoms with Crippen LogP contribution in [0.25, 0.3) is 0 Å². The first-order valence-electron chi connectivity index (χ1n) is 14.5. The molecular formula is C34H41FN2O2. The highest BCUT2D eigenvalue weighted by Gasteiger charge is 2.38. The maximum atomic E-state index is 14.7. The second-order valence-electron chi connectivity index (χ2n) is 11.5. The molecule has 0 aliphatic carbocycles. The van der Waals surface area contributed by atoms with E-state index >= 15 is 0 Å². The predicted molar refractivity (Wildman–Crippen MR) is 155 cm³/mol. The number of nitrogens with zero attached hydrogens (tertiary/aromatic N) is 2. The molecule has 0 unspecified atom stereocenters. The Balaban J connectivity index is 1.35. The van der Waals surface area contributed by atoms with Gasteiger partial charge in [0.25, 0.3) is 5.91 Å². The maximum Gasteiger partial charge on any atom is 0.254 e. The molecule has 0 atom stereocenters. The van der Waals surface area contributed by atoms with Crippen molar-refractivity contribution < 1.29 is 13.9 Å². The summed E-state index contributed by atoms with van der Waals surface area (Å²) >= 11 is 0. The molecule has 5 heteroatoms. The number of halogens is 1. The summed E-state index contributed by atoms with van der Waals surface area (Å²) in [4.78, 5) is 18.0. The molecule has 4 nitrogen and oxygen atoms in total. The summed E-state index contributed by atoms with van der Waals surface area (Å²) in [5.41, 5.74) is 5.03. The second kappa shape index (κ2) is 12.3. The summed E-state index contributed by atoms with van der Waals surface area (Å²) < 4.78 is 21.0. The van der Waals surface area contributed by atoms with E-state index in [0.29, 0.717) is 13.2 Å². The highest BCUT2D eigenvalue weighted by Crippen LogP contribution is 2.39. The van der Waals surface area contributed by atoms with E-state index in [2.05, 4.69) is 28.0 Å². The third-order valence-electron chi connectivity index (χ3n) is 8.76. The summed E-state index contributed by atoms with van der Waals surface area (Å²) in [6, 6.07) is 21.5. The molecule has 1 amide bonds.